The van der Waals surface area contributed by atoms with E-state index in [1.54, 1.807) is 18.2 Å². The molecule has 0 unspecified atom stereocenters. The Kier molecular flexibility index (Phi) is 6.03. The van der Waals surface area contributed by atoms with Crippen LogP contribution < -0.4 is 9.47 Å². The Morgan fingerprint density at radius 3 is 2.52 bits per heavy atom. The van der Waals surface area contributed by atoms with Crippen LogP contribution in [-0.2, 0) is 9.53 Å². The van der Waals surface area contributed by atoms with Crippen molar-refractivity contribution in [3.63, 3.8) is 0 Å². The highest BCUT2D eigenvalue weighted by atomic mass is 16.5. The van der Waals surface area contributed by atoms with Gasteiger partial charge in [-0.2, -0.15) is 0 Å². The summed E-state index contributed by atoms with van der Waals surface area (Å²) in [7, 11) is 3.81. The maximum atomic E-state index is 12.2. The van der Waals surface area contributed by atoms with E-state index in [1.807, 2.05) is 32.8 Å². The molecule has 0 fully saturated rings. The molecule has 0 aliphatic carbocycles. The van der Waals surface area contributed by atoms with E-state index in [0.717, 1.165) is 5.39 Å². The number of nitrogens with zero attached hydrogens (tertiary/aromatic N) is 1. The third kappa shape index (κ3) is 5.22. The van der Waals surface area contributed by atoms with E-state index in [1.165, 1.54) is 6.92 Å². The minimum absolute atomic E-state index is 0.0684. The molecule has 1 aromatic heterocycles. The summed E-state index contributed by atoms with van der Waals surface area (Å²) < 4.78 is 16.2. The van der Waals surface area contributed by atoms with Gasteiger partial charge in [0.1, 0.15) is 23.8 Å². The number of H-pyrrole nitrogens is 1. The number of carbonyl (C=O) groups excluding carboxylic acids is 2. The normalized spacial score (nSPS) is 11.2. The summed E-state index contributed by atoms with van der Waals surface area (Å²) in [5.41, 5.74) is 0.955. The van der Waals surface area contributed by atoms with E-state index in [2.05, 4.69) is 4.98 Å². The maximum absolute atomic E-state index is 12.2. The SMILES string of the molecule is CC(=O)Oc1cc(OC(C)C)c2cc(C(=O)OCCN(C)C)[nH]c2c1. The van der Waals surface area contributed by atoms with E-state index < -0.39 is 11.9 Å². The molecule has 0 saturated heterocycles. The number of esters is 2. The zero-order chi connectivity index (χ0) is 18.6. The number of aromatic nitrogens is 1. The second-order valence-electron chi connectivity index (χ2n) is 6.27. The molecule has 0 aliphatic heterocycles. The molecule has 2 aromatic rings. The molecule has 0 radical (unpaired) electrons. The summed E-state index contributed by atoms with van der Waals surface area (Å²) in [6, 6.07) is 4.97. The number of likely N-dealkylation sites (N-methyl/N-ethyl adjacent to an activating group) is 1. The number of aromatic amines is 1. The van der Waals surface area contributed by atoms with Gasteiger partial charge >= 0.3 is 11.9 Å². The largest absolute Gasteiger partial charge is 0.490 e. The van der Waals surface area contributed by atoms with Crippen LogP contribution in [0.2, 0.25) is 0 Å². The lowest BCUT2D eigenvalue weighted by Gasteiger charge is -2.12. The molecule has 0 atom stereocenters. The number of fused-ring (bicyclic) bond motifs is 1. The molecule has 0 amide bonds. The van der Waals surface area contributed by atoms with Crippen LogP contribution in [0.3, 0.4) is 0 Å². The van der Waals surface area contributed by atoms with Gasteiger partial charge < -0.3 is 24.1 Å². The Morgan fingerprint density at radius 1 is 1.20 bits per heavy atom. The second-order valence-corrected chi connectivity index (χ2v) is 6.27. The fourth-order valence-electron chi connectivity index (χ4n) is 2.26. The molecule has 0 spiro atoms. The summed E-state index contributed by atoms with van der Waals surface area (Å²) in [5, 5.41) is 0.726. The molecule has 2 rings (SSSR count). The molecule has 1 heterocycles. The van der Waals surface area contributed by atoms with Crippen LogP contribution in [-0.4, -0.2) is 55.2 Å². The van der Waals surface area contributed by atoms with Gasteiger partial charge in [0.05, 0.1) is 11.6 Å². The average Bonchev–Trinajstić information content (AvgIpc) is 2.89. The van der Waals surface area contributed by atoms with Crippen LogP contribution in [0.15, 0.2) is 18.2 Å². The zero-order valence-electron chi connectivity index (χ0n) is 15.2. The maximum Gasteiger partial charge on any atom is 0.354 e. The Morgan fingerprint density at radius 2 is 1.92 bits per heavy atom. The summed E-state index contributed by atoms with van der Waals surface area (Å²) >= 11 is 0. The number of hydrogen-bond acceptors (Lipinski definition) is 6. The number of carbonyl (C=O) groups is 2. The highest BCUT2D eigenvalue weighted by Gasteiger charge is 2.16. The molecule has 7 nitrogen and oxygen atoms in total. The molecule has 0 aliphatic rings. The van der Waals surface area contributed by atoms with Crippen molar-refractivity contribution in [2.45, 2.75) is 26.9 Å². The molecule has 0 bridgehead atoms. The fourth-order valence-corrected chi connectivity index (χ4v) is 2.26. The molecule has 1 N–H and O–H groups in total. The third-order valence-corrected chi connectivity index (χ3v) is 3.29. The van der Waals surface area contributed by atoms with Crippen LogP contribution in [0.4, 0.5) is 0 Å². The van der Waals surface area contributed by atoms with E-state index in [0.29, 0.717) is 35.9 Å². The van der Waals surface area contributed by atoms with Crippen LogP contribution in [0.25, 0.3) is 10.9 Å². The lowest BCUT2D eigenvalue weighted by Crippen LogP contribution is -2.20. The van der Waals surface area contributed by atoms with Crippen molar-refractivity contribution >= 4 is 22.8 Å². The molecule has 0 saturated carbocycles. The molecular formula is C18H24N2O5. The highest BCUT2D eigenvalue weighted by Crippen LogP contribution is 2.33. The van der Waals surface area contributed by atoms with Gasteiger partial charge in [0.2, 0.25) is 0 Å². The van der Waals surface area contributed by atoms with Crippen molar-refractivity contribution in [3.8, 4) is 11.5 Å². The quantitative estimate of drug-likeness (QED) is 0.612. The van der Waals surface area contributed by atoms with Gasteiger partial charge in [0, 0.05) is 31.0 Å². The molecule has 136 valence electrons. The van der Waals surface area contributed by atoms with Gasteiger partial charge in [-0.25, -0.2) is 4.79 Å². The second kappa shape index (κ2) is 8.02. The summed E-state index contributed by atoms with van der Waals surface area (Å²) in [6.07, 6.45) is -0.0684. The third-order valence-electron chi connectivity index (χ3n) is 3.29. The Bertz CT molecular complexity index is 764. The van der Waals surface area contributed by atoms with Gasteiger partial charge in [0.25, 0.3) is 0 Å². The Balaban J connectivity index is 2.32. The first-order valence-electron chi connectivity index (χ1n) is 8.10. The predicted octanol–water partition coefficient (Wildman–Crippen LogP) is 2.60. The Hall–Kier alpha value is -2.54. The topological polar surface area (TPSA) is 80.9 Å². The lowest BCUT2D eigenvalue weighted by atomic mass is 10.2. The van der Waals surface area contributed by atoms with Crippen molar-refractivity contribution in [1.82, 2.24) is 9.88 Å². The number of nitrogens with one attached hydrogen (secondary N) is 1. The molecule has 1 aromatic carbocycles. The predicted molar refractivity (Wildman–Crippen MR) is 94.2 cm³/mol. The van der Waals surface area contributed by atoms with Crippen LogP contribution in [0.1, 0.15) is 31.3 Å². The summed E-state index contributed by atoms with van der Waals surface area (Å²) in [6.45, 7) is 6.07. The van der Waals surface area contributed by atoms with Crippen molar-refractivity contribution < 1.29 is 23.8 Å². The van der Waals surface area contributed by atoms with Gasteiger partial charge in [-0.1, -0.05) is 0 Å². The summed E-state index contributed by atoms with van der Waals surface area (Å²) in [5.74, 6) is 0.0182. The summed E-state index contributed by atoms with van der Waals surface area (Å²) in [4.78, 5) is 28.3. The van der Waals surface area contributed by atoms with Crippen LogP contribution >= 0.6 is 0 Å². The number of ether oxygens (including phenoxy) is 3. The first-order chi connectivity index (χ1) is 11.8. The van der Waals surface area contributed by atoms with Gasteiger partial charge in [-0.05, 0) is 34.0 Å². The zero-order valence-corrected chi connectivity index (χ0v) is 15.2. The number of hydrogen-bond donors (Lipinski definition) is 1. The van der Waals surface area contributed by atoms with Gasteiger partial charge in [0.15, 0.2) is 0 Å². The molecule has 25 heavy (non-hydrogen) atoms. The van der Waals surface area contributed by atoms with Crippen molar-refractivity contribution in [2.24, 2.45) is 0 Å². The first-order valence-corrected chi connectivity index (χ1v) is 8.10. The van der Waals surface area contributed by atoms with Crippen molar-refractivity contribution in [2.75, 3.05) is 27.2 Å². The van der Waals surface area contributed by atoms with E-state index in [-0.39, 0.29) is 6.10 Å². The highest BCUT2D eigenvalue weighted by molar-refractivity contribution is 5.97. The van der Waals surface area contributed by atoms with Crippen molar-refractivity contribution in [3.05, 3.63) is 23.9 Å². The van der Waals surface area contributed by atoms with Crippen LogP contribution in [0.5, 0.6) is 11.5 Å². The minimum atomic E-state index is -0.442. The van der Waals surface area contributed by atoms with Crippen molar-refractivity contribution in [1.29, 1.82) is 0 Å². The van der Waals surface area contributed by atoms with E-state index in [9.17, 15) is 9.59 Å². The average molecular weight is 348 g/mol. The minimum Gasteiger partial charge on any atom is -0.490 e. The van der Waals surface area contributed by atoms with E-state index >= 15 is 0 Å². The molecular weight excluding hydrogens is 324 g/mol. The smallest absolute Gasteiger partial charge is 0.354 e. The number of rotatable bonds is 7. The monoisotopic (exact) mass is 348 g/mol. The van der Waals surface area contributed by atoms with E-state index in [4.69, 9.17) is 14.2 Å². The van der Waals surface area contributed by atoms with Gasteiger partial charge in [-0.15, -0.1) is 0 Å². The Labute approximate surface area is 146 Å². The number of benzene rings is 1. The first kappa shape index (κ1) is 18.8. The van der Waals surface area contributed by atoms with Crippen LogP contribution in [0, 0.1) is 0 Å². The lowest BCUT2D eigenvalue weighted by molar-refractivity contribution is -0.131. The molecule has 7 heteroatoms. The fraction of sp³-hybridized carbons (Fsp3) is 0.444. The standard InChI is InChI=1S/C18H24N2O5/c1-11(2)24-17-9-13(25-12(3)21)8-15-14(17)10-16(19-15)18(22)23-7-6-20(4)5/h8-11,19H,6-7H2,1-5H3. The van der Waals surface area contributed by atoms with Gasteiger partial charge in [-0.3, -0.25) is 4.79 Å².